The summed E-state index contributed by atoms with van der Waals surface area (Å²) in [6, 6.07) is 5.46. The molecular weight excluding hydrogens is 338 g/mol. The largest absolute Gasteiger partial charge is 0.377 e. The lowest BCUT2D eigenvalue weighted by atomic mass is 10.1. The smallest absolute Gasteiger partial charge is 0.255 e. The van der Waals surface area contributed by atoms with Gasteiger partial charge in [-0.25, -0.2) is 0 Å². The van der Waals surface area contributed by atoms with Crippen LogP contribution in [0.15, 0.2) is 41.4 Å². The van der Waals surface area contributed by atoms with Crippen molar-refractivity contribution < 1.29 is 14.3 Å². The van der Waals surface area contributed by atoms with Crippen LogP contribution in [0.3, 0.4) is 0 Å². The fourth-order valence-corrected chi connectivity index (χ4v) is 3.45. The predicted molar refractivity (Wildman–Crippen MR) is 95.5 cm³/mol. The average Bonchev–Trinajstić information content (AvgIpc) is 3.17. The first-order valence-corrected chi connectivity index (χ1v) is 9.25. The maximum Gasteiger partial charge on any atom is 0.255 e. The normalized spacial score (nSPS) is 17.3. The summed E-state index contributed by atoms with van der Waals surface area (Å²) in [4.78, 5) is 30.6. The van der Waals surface area contributed by atoms with E-state index < -0.39 is 0 Å². The molecule has 0 aliphatic carbocycles. The van der Waals surface area contributed by atoms with Crippen molar-refractivity contribution >= 4 is 23.2 Å². The highest BCUT2D eigenvalue weighted by atomic mass is 32.1. The minimum absolute atomic E-state index is 0.0286. The van der Waals surface area contributed by atoms with E-state index in [0.717, 1.165) is 12.0 Å². The number of ether oxygens (including phenoxy) is 1. The molecule has 0 saturated carbocycles. The topological polar surface area (TPSA) is 71.5 Å². The molecule has 0 aromatic carbocycles. The number of nitrogens with one attached hydrogen (secondary N) is 1. The monoisotopic (exact) mass is 359 g/mol. The third kappa shape index (κ3) is 4.87. The van der Waals surface area contributed by atoms with E-state index in [9.17, 15) is 9.59 Å². The zero-order valence-corrected chi connectivity index (χ0v) is 14.7. The van der Waals surface area contributed by atoms with Gasteiger partial charge in [-0.15, -0.1) is 0 Å². The Hall–Kier alpha value is -2.25. The van der Waals surface area contributed by atoms with Gasteiger partial charge in [0.25, 0.3) is 5.91 Å². The maximum absolute atomic E-state index is 12.6. The predicted octanol–water partition coefficient (Wildman–Crippen LogP) is 1.73. The Bertz CT molecular complexity index is 691. The van der Waals surface area contributed by atoms with Crippen LogP contribution in [0.1, 0.15) is 22.3 Å². The van der Waals surface area contributed by atoms with Gasteiger partial charge in [0, 0.05) is 37.3 Å². The second-order valence-corrected chi connectivity index (χ2v) is 6.68. The number of amides is 2. The molecule has 132 valence electrons. The van der Waals surface area contributed by atoms with E-state index in [1.165, 1.54) is 11.3 Å². The van der Waals surface area contributed by atoms with Crippen molar-refractivity contribution in [2.24, 2.45) is 0 Å². The lowest BCUT2D eigenvalue weighted by Gasteiger charge is -2.35. The van der Waals surface area contributed by atoms with Gasteiger partial charge in [-0.3, -0.25) is 14.6 Å². The van der Waals surface area contributed by atoms with E-state index in [2.05, 4.69) is 10.3 Å². The van der Waals surface area contributed by atoms with E-state index in [1.54, 1.807) is 17.3 Å². The highest BCUT2D eigenvalue weighted by molar-refractivity contribution is 7.08. The Balaban J connectivity index is 1.50. The minimum atomic E-state index is -0.220. The van der Waals surface area contributed by atoms with E-state index in [4.69, 9.17) is 4.74 Å². The SMILES string of the molecule is O=C(CC1COCCN1C(=O)c1ccsc1)NCCc1ccncc1. The highest BCUT2D eigenvalue weighted by Gasteiger charge is 2.29. The number of rotatable bonds is 6. The van der Waals surface area contributed by atoms with Gasteiger partial charge in [-0.1, -0.05) is 0 Å². The van der Waals surface area contributed by atoms with E-state index in [1.807, 2.05) is 29.0 Å². The molecule has 2 aromatic rings. The second kappa shape index (κ2) is 8.73. The molecule has 25 heavy (non-hydrogen) atoms. The molecule has 1 unspecified atom stereocenters. The number of hydrogen-bond donors (Lipinski definition) is 1. The summed E-state index contributed by atoms with van der Waals surface area (Å²) < 4.78 is 5.48. The first kappa shape index (κ1) is 17.6. The maximum atomic E-state index is 12.6. The summed E-state index contributed by atoms with van der Waals surface area (Å²) in [5.41, 5.74) is 1.81. The van der Waals surface area contributed by atoms with Crippen LogP contribution in [0.2, 0.25) is 0 Å². The summed E-state index contributed by atoms with van der Waals surface area (Å²) in [6.45, 7) is 1.99. The molecule has 1 saturated heterocycles. The molecule has 3 rings (SSSR count). The van der Waals surface area contributed by atoms with Crippen molar-refractivity contribution in [2.45, 2.75) is 18.9 Å². The van der Waals surface area contributed by atoms with Crippen LogP contribution in [0.25, 0.3) is 0 Å². The van der Waals surface area contributed by atoms with Crippen molar-refractivity contribution in [3.8, 4) is 0 Å². The molecule has 3 heterocycles. The molecule has 1 atom stereocenters. The lowest BCUT2D eigenvalue weighted by molar-refractivity contribution is -0.123. The van der Waals surface area contributed by atoms with Crippen LogP contribution >= 0.6 is 11.3 Å². The summed E-state index contributed by atoms with van der Waals surface area (Å²) in [5.74, 6) is -0.0909. The third-order valence-corrected chi connectivity index (χ3v) is 4.85. The number of aromatic nitrogens is 1. The van der Waals surface area contributed by atoms with Gasteiger partial charge in [0.2, 0.25) is 5.91 Å². The molecule has 0 spiro atoms. The number of morpholine rings is 1. The Kier molecular flexibility index (Phi) is 6.14. The van der Waals surface area contributed by atoms with Gasteiger partial charge in [0.05, 0.1) is 24.8 Å². The van der Waals surface area contributed by atoms with Gasteiger partial charge < -0.3 is 15.0 Å². The molecule has 1 aliphatic rings. The van der Waals surface area contributed by atoms with Crippen LogP contribution in [0.5, 0.6) is 0 Å². The molecule has 0 bridgehead atoms. The number of carbonyl (C=O) groups excluding carboxylic acids is 2. The summed E-state index contributed by atoms with van der Waals surface area (Å²) in [5, 5.41) is 6.64. The second-order valence-electron chi connectivity index (χ2n) is 5.90. The van der Waals surface area contributed by atoms with Crippen LogP contribution in [-0.4, -0.2) is 54.0 Å². The zero-order valence-electron chi connectivity index (χ0n) is 13.9. The van der Waals surface area contributed by atoms with E-state index >= 15 is 0 Å². The van der Waals surface area contributed by atoms with Gasteiger partial charge in [0.15, 0.2) is 0 Å². The Morgan fingerprint density at radius 2 is 2.16 bits per heavy atom. The fourth-order valence-electron chi connectivity index (χ4n) is 2.83. The standard InChI is InChI=1S/C18H21N3O3S/c22-17(20-7-3-14-1-5-19-6-2-14)11-16-12-24-9-8-21(16)18(23)15-4-10-25-13-15/h1-2,4-6,10,13,16H,3,7-9,11-12H2,(H,20,22). The van der Waals surface area contributed by atoms with Crippen LogP contribution < -0.4 is 5.32 Å². The Morgan fingerprint density at radius 1 is 1.32 bits per heavy atom. The number of carbonyl (C=O) groups is 2. The third-order valence-electron chi connectivity index (χ3n) is 4.16. The zero-order chi connectivity index (χ0) is 17.5. The molecule has 2 aromatic heterocycles. The summed E-state index contributed by atoms with van der Waals surface area (Å²) >= 11 is 1.49. The summed E-state index contributed by atoms with van der Waals surface area (Å²) in [6.07, 6.45) is 4.49. The van der Waals surface area contributed by atoms with Crippen molar-refractivity contribution in [2.75, 3.05) is 26.3 Å². The van der Waals surface area contributed by atoms with Gasteiger partial charge in [-0.05, 0) is 35.6 Å². The number of hydrogen-bond acceptors (Lipinski definition) is 5. The van der Waals surface area contributed by atoms with Crippen molar-refractivity contribution in [1.29, 1.82) is 0 Å². The fraction of sp³-hybridized carbons (Fsp3) is 0.389. The molecule has 1 N–H and O–H groups in total. The number of nitrogens with zero attached hydrogens (tertiary/aromatic N) is 2. The van der Waals surface area contributed by atoms with Crippen molar-refractivity contribution in [1.82, 2.24) is 15.2 Å². The average molecular weight is 359 g/mol. The van der Waals surface area contributed by atoms with Crippen LogP contribution in [0.4, 0.5) is 0 Å². The van der Waals surface area contributed by atoms with Crippen molar-refractivity contribution in [3.63, 3.8) is 0 Å². The Labute approximate surface area is 150 Å². The van der Waals surface area contributed by atoms with E-state index in [0.29, 0.717) is 31.9 Å². The van der Waals surface area contributed by atoms with Crippen LogP contribution in [-0.2, 0) is 16.0 Å². The van der Waals surface area contributed by atoms with Crippen LogP contribution in [0, 0.1) is 0 Å². The van der Waals surface area contributed by atoms with E-state index in [-0.39, 0.29) is 24.3 Å². The first-order valence-electron chi connectivity index (χ1n) is 8.30. The first-order chi connectivity index (χ1) is 12.2. The molecule has 6 nitrogen and oxygen atoms in total. The number of thiophene rings is 1. The van der Waals surface area contributed by atoms with Gasteiger partial charge in [-0.2, -0.15) is 11.3 Å². The molecule has 7 heteroatoms. The molecule has 1 aliphatic heterocycles. The molecule has 1 fully saturated rings. The van der Waals surface area contributed by atoms with Gasteiger partial charge >= 0.3 is 0 Å². The number of pyridine rings is 1. The van der Waals surface area contributed by atoms with Gasteiger partial charge in [0.1, 0.15) is 0 Å². The molecule has 0 radical (unpaired) electrons. The quantitative estimate of drug-likeness (QED) is 0.853. The molecule has 2 amide bonds. The summed E-state index contributed by atoms with van der Waals surface area (Å²) in [7, 11) is 0. The minimum Gasteiger partial charge on any atom is -0.377 e. The highest BCUT2D eigenvalue weighted by Crippen LogP contribution is 2.17. The Morgan fingerprint density at radius 3 is 2.92 bits per heavy atom. The molecular formula is C18H21N3O3S. The van der Waals surface area contributed by atoms with Crippen molar-refractivity contribution in [3.05, 3.63) is 52.5 Å². The lowest BCUT2D eigenvalue weighted by Crippen LogP contribution is -2.50.